The molecule has 18 heavy (non-hydrogen) atoms. The number of rotatable bonds is 2. The summed E-state index contributed by atoms with van der Waals surface area (Å²) in [5.41, 5.74) is -0.230. The maximum atomic E-state index is 11.9. The third kappa shape index (κ3) is 1.83. The van der Waals surface area contributed by atoms with Crippen LogP contribution in [0.3, 0.4) is 0 Å². The first kappa shape index (κ1) is 12.2. The fraction of sp³-hybridized carbons (Fsp3) is 0.364. The van der Waals surface area contributed by atoms with Gasteiger partial charge in [-0.2, -0.15) is 0 Å². The lowest BCUT2D eigenvalue weighted by molar-refractivity contribution is -0.116. The van der Waals surface area contributed by atoms with Crippen molar-refractivity contribution < 1.29 is 4.79 Å². The van der Waals surface area contributed by atoms with Crippen LogP contribution >= 0.6 is 0 Å². The summed E-state index contributed by atoms with van der Waals surface area (Å²) in [5, 5.41) is 0. The molecule has 0 aliphatic rings. The van der Waals surface area contributed by atoms with Gasteiger partial charge in [0.1, 0.15) is 5.78 Å². The van der Waals surface area contributed by atoms with Crippen molar-refractivity contribution in [3.05, 3.63) is 32.7 Å². The van der Waals surface area contributed by atoms with Crippen LogP contribution in [0.15, 0.2) is 15.8 Å². The zero-order chi connectivity index (χ0) is 13.4. The average Bonchev–Trinajstić information content (AvgIpc) is 2.33. The van der Waals surface area contributed by atoms with Gasteiger partial charge in [0.25, 0.3) is 5.56 Å². The normalized spacial score (nSPS) is 10.8. The van der Waals surface area contributed by atoms with Gasteiger partial charge >= 0.3 is 5.69 Å². The minimum absolute atomic E-state index is 0.0645. The highest BCUT2D eigenvalue weighted by Gasteiger charge is 2.12. The van der Waals surface area contributed by atoms with E-state index >= 15 is 0 Å². The molecule has 94 valence electrons. The second kappa shape index (κ2) is 4.17. The Morgan fingerprint density at radius 2 is 1.94 bits per heavy atom. The Morgan fingerprint density at radius 3 is 2.56 bits per heavy atom. The van der Waals surface area contributed by atoms with Gasteiger partial charge in [-0.3, -0.25) is 18.7 Å². The van der Waals surface area contributed by atoms with Gasteiger partial charge in [0, 0.05) is 20.5 Å². The minimum atomic E-state index is -0.508. The van der Waals surface area contributed by atoms with Crippen molar-refractivity contribution in [1.29, 1.82) is 0 Å². The van der Waals surface area contributed by atoms with Gasteiger partial charge < -0.3 is 0 Å². The summed E-state index contributed by atoms with van der Waals surface area (Å²) in [7, 11) is 2.90. The molecule has 0 saturated carbocycles. The van der Waals surface area contributed by atoms with E-state index in [4.69, 9.17) is 0 Å². The van der Waals surface area contributed by atoms with Crippen LogP contribution in [0.4, 0.5) is 0 Å². The number of fused-ring (bicyclic) bond motifs is 1. The first-order chi connectivity index (χ1) is 8.41. The Balaban J connectivity index is 2.82. The van der Waals surface area contributed by atoms with Gasteiger partial charge in [-0.15, -0.1) is 0 Å². The standard InChI is InChI=1S/C11H12N4O3/c1-6(16)4-7-5-12-9-8(13-7)10(17)15(3)11(18)14(9)2/h5H,4H2,1-3H3. The molecule has 7 nitrogen and oxygen atoms in total. The molecule has 0 atom stereocenters. The molecule has 0 aliphatic carbocycles. The topological polar surface area (TPSA) is 86.8 Å². The van der Waals surface area contributed by atoms with Crippen LogP contribution in [-0.4, -0.2) is 24.9 Å². The molecule has 0 spiro atoms. The quantitative estimate of drug-likeness (QED) is 0.691. The zero-order valence-electron chi connectivity index (χ0n) is 10.3. The lowest BCUT2D eigenvalue weighted by atomic mass is 10.2. The lowest BCUT2D eigenvalue weighted by Crippen LogP contribution is -2.37. The van der Waals surface area contributed by atoms with E-state index in [1.807, 2.05) is 0 Å². The third-order valence-corrected chi connectivity index (χ3v) is 2.63. The van der Waals surface area contributed by atoms with Gasteiger partial charge in [-0.05, 0) is 6.92 Å². The molecule has 2 aromatic heterocycles. The van der Waals surface area contributed by atoms with Crippen molar-refractivity contribution in [2.75, 3.05) is 0 Å². The van der Waals surface area contributed by atoms with Crippen LogP contribution in [0.2, 0.25) is 0 Å². The number of hydrogen-bond acceptors (Lipinski definition) is 5. The van der Waals surface area contributed by atoms with Gasteiger partial charge in [0.2, 0.25) is 0 Å². The molecule has 0 unspecified atom stereocenters. The Kier molecular flexibility index (Phi) is 2.82. The van der Waals surface area contributed by atoms with Crippen molar-refractivity contribution in [2.45, 2.75) is 13.3 Å². The lowest BCUT2D eigenvalue weighted by Gasteiger charge is -2.06. The van der Waals surface area contributed by atoms with Crippen molar-refractivity contribution in [2.24, 2.45) is 14.1 Å². The number of carbonyl (C=O) groups excluding carboxylic acids is 1. The number of Topliss-reactive ketones (excluding diaryl/α,β-unsaturated/α-hetero) is 1. The summed E-state index contributed by atoms with van der Waals surface area (Å²) in [4.78, 5) is 42.7. The van der Waals surface area contributed by atoms with Crippen LogP contribution in [0, 0.1) is 0 Å². The first-order valence-corrected chi connectivity index (χ1v) is 5.33. The summed E-state index contributed by atoms with van der Waals surface area (Å²) in [5.74, 6) is -0.0645. The van der Waals surface area contributed by atoms with Crippen LogP contribution in [0.1, 0.15) is 12.6 Å². The van der Waals surface area contributed by atoms with E-state index in [-0.39, 0.29) is 23.4 Å². The molecule has 7 heteroatoms. The Labute approximate surface area is 102 Å². The van der Waals surface area contributed by atoms with Gasteiger partial charge in [-0.25, -0.2) is 14.8 Å². The summed E-state index contributed by atoms with van der Waals surface area (Å²) < 4.78 is 2.22. The molecule has 0 bridgehead atoms. The van der Waals surface area contributed by atoms with Crippen LogP contribution < -0.4 is 11.2 Å². The van der Waals surface area contributed by atoms with E-state index in [0.717, 1.165) is 4.57 Å². The smallest absolute Gasteiger partial charge is 0.300 e. The fourth-order valence-electron chi connectivity index (χ4n) is 1.71. The highest BCUT2D eigenvalue weighted by atomic mass is 16.2. The Hall–Kier alpha value is -2.31. The molecule has 2 heterocycles. The predicted octanol–water partition coefficient (Wildman–Crippen LogP) is -0.841. The molecular formula is C11H12N4O3. The number of aryl methyl sites for hydroxylation is 1. The van der Waals surface area contributed by atoms with Gasteiger partial charge in [0.15, 0.2) is 11.2 Å². The Bertz CT molecular complexity index is 757. The minimum Gasteiger partial charge on any atom is -0.300 e. The molecule has 0 aromatic carbocycles. The highest BCUT2D eigenvalue weighted by molar-refractivity contribution is 5.78. The van der Waals surface area contributed by atoms with Crippen LogP contribution in [0.25, 0.3) is 11.2 Å². The van der Waals surface area contributed by atoms with Crippen molar-refractivity contribution in [1.82, 2.24) is 19.1 Å². The number of aromatic nitrogens is 4. The predicted molar refractivity (Wildman–Crippen MR) is 64.4 cm³/mol. The maximum Gasteiger partial charge on any atom is 0.332 e. The molecule has 0 saturated heterocycles. The van der Waals surface area contributed by atoms with Crippen molar-refractivity contribution in [3.8, 4) is 0 Å². The zero-order valence-corrected chi connectivity index (χ0v) is 10.3. The van der Waals surface area contributed by atoms with E-state index in [1.165, 1.54) is 31.8 Å². The second-order valence-electron chi connectivity index (χ2n) is 4.12. The maximum absolute atomic E-state index is 11.9. The third-order valence-electron chi connectivity index (χ3n) is 2.63. The van der Waals surface area contributed by atoms with E-state index in [9.17, 15) is 14.4 Å². The number of hydrogen-bond donors (Lipinski definition) is 0. The number of nitrogens with zero attached hydrogens (tertiary/aromatic N) is 4. The summed E-state index contributed by atoms with van der Waals surface area (Å²) in [6.45, 7) is 1.44. The van der Waals surface area contributed by atoms with Crippen LogP contribution in [0.5, 0.6) is 0 Å². The monoisotopic (exact) mass is 248 g/mol. The SMILES string of the molecule is CC(=O)Cc1cnc2c(n1)c(=O)n(C)c(=O)n2C. The molecule has 0 N–H and O–H groups in total. The molecule has 0 amide bonds. The van der Waals surface area contributed by atoms with Crippen molar-refractivity contribution >= 4 is 16.9 Å². The summed E-state index contributed by atoms with van der Waals surface area (Å²) in [6, 6.07) is 0. The number of carbonyl (C=O) groups is 1. The second-order valence-corrected chi connectivity index (χ2v) is 4.12. The highest BCUT2D eigenvalue weighted by Crippen LogP contribution is 2.03. The van der Waals surface area contributed by atoms with E-state index in [0.29, 0.717) is 5.69 Å². The van der Waals surface area contributed by atoms with Gasteiger partial charge in [0.05, 0.1) is 11.9 Å². The van der Waals surface area contributed by atoms with E-state index in [2.05, 4.69) is 9.97 Å². The number of ketones is 1. The van der Waals surface area contributed by atoms with E-state index in [1.54, 1.807) is 0 Å². The fourth-order valence-corrected chi connectivity index (χ4v) is 1.71. The summed E-state index contributed by atoms with van der Waals surface area (Å²) >= 11 is 0. The van der Waals surface area contributed by atoms with Gasteiger partial charge in [-0.1, -0.05) is 0 Å². The molecule has 2 aromatic rings. The Morgan fingerprint density at radius 1 is 1.28 bits per heavy atom. The van der Waals surface area contributed by atoms with Crippen LogP contribution in [-0.2, 0) is 25.3 Å². The first-order valence-electron chi connectivity index (χ1n) is 5.33. The summed E-state index contributed by atoms with van der Waals surface area (Å²) in [6.07, 6.45) is 1.53. The average molecular weight is 248 g/mol. The molecule has 0 aliphatic heterocycles. The largest absolute Gasteiger partial charge is 0.332 e. The molecule has 0 radical (unpaired) electrons. The molecule has 0 fully saturated rings. The van der Waals surface area contributed by atoms with Crippen molar-refractivity contribution in [3.63, 3.8) is 0 Å². The molecular weight excluding hydrogens is 236 g/mol. The van der Waals surface area contributed by atoms with E-state index < -0.39 is 11.2 Å². The molecule has 2 rings (SSSR count).